The Hall–Kier alpha value is -1.14. The van der Waals surface area contributed by atoms with Gasteiger partial charge in [0.15, 0.2) is 0 Å². The average molecular weight is 294 g/mol. The molecule has 0 aliphatic rings. The van der Waals surface area contributed by atoms with Crippen LogP contribution in [0, 0.1) is 13.8 Å². The number of pyridine rings is 1. The number of anilines is 1. The van der Waals surface area contributed by atoms with Gasteiger partial charge in [0.1, 0.15) is 10.7 Å². The second-order valence-electron chi connectivity index (χ2n) is 4.39. The van der Waals surface area contributed by atoms with Crippen LogP contribution in [0.4, 0.5) is 5.00 Å². The highest BCUT2D eigenvalue weighted by Crippen LogP contribution is 2.26. The molecule has 6 heteroatoms. The Labute approximate surface area is 122 Å². The molecule has 0 aliphatic carbocycles. The monoisotopic (exact) mass is 294 g/mol. The van der Waals surface area contributed by atoms with E-state index >= 15 is 0 Å². The highest BCUT2D eigenvalue weighted by atomic mass is 32.2. The summed E-state index contributed by atoms with van der Waals surface area (Å²) < 4.78 is 4.02. The lowest BCUT2D eigenvalue weighted by molar-refractivity contribution is 0.976. The molecule has 102 valence electrons. The van der Waals surface area contributed by atoms with Crippen LogP contribution in [0.3, 0.4) is 0 Å². The van der Waals surface area contributed by atoms with Crippen LogP contribution in [0.25, 0.3) is 0 Å². The molecule has 0 amide bonds. The minimum atomic E-state index is 0.804. The van der Waals surface area contributed by atoms with Crippen molar-refractivity contribution in [2.75, 3.05) is 11.9 Å². The molecule has 0 fully saturated rings. The third-order valence-electron chi connectivity index (χ3n) is 2.52. The molecule has 2 rings (SSSR count). The van der Waals surface area contributed by atoms with Crippen molar-refractivity contribution in [2.45, 2.75) is 38.0 Å². The van der Waals surface area contributed by atoms with E-state index in [9.17, 15) is 0 Å². The number of hydrogen-bond donors (Lipinski definition) is 1. The maximum Gasteiger partial charge on any atom is 0.134 e. The SMILES string of the molecule is CCCNc1snnc1CSc1cc(C)cc(C)n1. The largest absolute Gasteiger partial charge is 0.374 e. The lowest BCUT2D eigenvalue weighted by Crippen LogP contribution is -2.00. The fraction of sp³-hybridized carbons (Fsp3) is 0.462. The third kappa shape index (κ3) is 4.18. The van der Waals surface area contributed by atoms with Crippen molar-refractivity contribution in [3.63, 3.8) is 0 Å². The van der Waals surface area contributed by atoms with E-state index < -0.39 is 0 Å². The maximum absolute atomic E-state index is 4.52. The van der Waals surface area contributed by atoms with Crippen LogP contribution in [0.1, 0.15) is 30.3 Å². The Morgan fingerprint density at radius 3 is 2.89 bits per heavy atom. The summed E-state index contributed by atoms with van der Waals surface area (Å²) in [6, 6.07) is 4.19. The summed E-state index contributed by atoms with van der Waals surface area (Å²) in [5.74, 6) is 0.804. The molecule has 0 aromatic carbocycles. The van der Waals surface area contributed by atoms with Gasteiger partial charge in [-0.05, 0) is 38.0 Å². The number of nitrogens with one attached hydrogen (secondary N) is 1. The second-order valence-corrected chi connectivity index (χ2v) is 6.14. The summed E-state index contributed by atoms with van der Waals surface area (Å²) in [6.45, 7) is 7.23. The summed E-state index contributed by atoms with van der Waals surface area (Å²) in [5.41, 5.74) is 3.32. The predicted octanol–water partition coefficient (Wildman–Crippen LogP) is 3.66. The molecule has 19 heavy (non-hydrogen) atoms. The molecule has 0 spiro atoms. The van der Waals surface area contributed by atoms with E-state index in [4.69, 9.17) is 0 Å². The van der Waals surface area contributed by atoms with Crippen LogP contribution in [0.15, 0.2) is 17.2 Å². The van der Waals surface area contributed by atoms with Gasteiger partial charge in [-0.2, -0.15) is 0 Å². The van der Waals surface area contributed by atoms with Crippen LogP contribution in [-0.2, 0) is 5.75 Å². The summed E-state index contributed by atoms with van der Waals surface area (Å²) in [7, 11) is 0. The molecular formula is C13H18N4S2. The van der Waals surface area contributed by atoms with Gasteiger partial charge in [0.05, 0.1) is 5.03 Å². The van der Waals surface area contributed by atoms with Crippen LogP contribution >= 0.6 is 23.3 Å². The first kappa shape index (κ1) is 14.3. The van der Waals surface area contributed by atoms with E-state index in [1.54, 1.807) is 11.8 Å². The number of aryl methyl sites for hydroxylation is 2. The zero-order valence-corrected chi connectivity index (χ0v) is 13.1. The van der Waals surface area contributed by atoms with E-state index in [0.717, 1.165) is 40.1 Å². The zero-order chi connectivity index (χ0) is 13.7. The van der Waals surface area contributed by atoms with Crippen molar-refractivity contribution in [1.82, 2.24) is 14.6 Å². The van der Waals surface area contributed by atoms with Gasteiger partial charge < -0.3 is 5.32 Å². The van der Waals surface area contributed by atoms with E-state index in [0.29, 0.717) is 0 Å². The fourth-order valence-corrected chi connectivity index (χ4v) is 3.36. The summed E-state index contributed by atoms with van der Waals surface area (Å²) in [5, 5.41) is 9.68. The number of aromatic nitrogens is 3. The molecule has 1 N–H and O–H groups in total. The molecule has 2 heterocycles. The van der Waals surface area contributed by atoms with Crippen molar-refractivity contribution in [3.05, 3.63) is 29.1 Å². The first-order chi connectivity index (χ1) is 9.19. The first-order valence-electron chi connectivity index (χ1n) is 6.32. The van der Waals surface area contributed by atoms with Gasteiger partial charge >= 0.3 is 0 Å². The third-order valence-corrected chi connectivity index (χ3v) is 4.17. The molecule has 0 radical (unpaired) electrons. The minimum Gasteiger partial charge on any atom is -0.374 e. The molecule has 0 saturated heterocycles. The lowest BCUT2D eigenvalue weighted by Gasteiger charge is -2.05. The van der Waals surface area contributed by atoms with Crippen molar-refractivity contribution in [3.8, 4) is 0 Å². The molecule has 4 nitrogen and oxygen atoms in total. The minimum absolute atomic E-state index is 0.804. The highest BCUT2D eigenvalue weighted by Gasteiger charge is 2.08. The lowest BCUT2D eigenvalue weighted by atomic mass is 10.3. The average Bonchev–Trinajstić information content (AvgIpc) is 2.80. The highest BCUT2D eigenvalue weighted by molar-refractivity contribution is 7.98. The standard InChI is InChI=1S/C13H18N4S2/c1-4-5-14-13-11(16-17-19-13)8-18-12-7-9(2)6-10(3)15-12/h6-7,14H,4-5,8H2,1-3H3. The molecule has 0 bridgehead atoms. The Morgan fingerprint density at radius 1 is 1.32 bits per heavy atom. The van der Waals surface area contributed by atoms with Crippen LogP contribution in [0.2, 0.25) is 0 Å². The summed E-state index contributed by atoms with van der Waals surface area (Å²) in [4.78, 5) is 4.52. The Kier molecular flexibility index (Phi) is 5.15. The number of nitrogens with zero attached hydrogens (tertiary/aromatic N) is 3. The molecule has 2 aromatic rings. The van der Waals surface area contributed by atoms with Crippen LogP contribution < -0.4 is 5.32 Å². The van der Waals surface area contributed by atoms with Crippen molar-refractivity contribution < 1.29 is 0 Å². The Bertz CT molecular complexity index is 519. The maximum atomic E-state index is 4.52. The Balaban J connectivity index is 2.00. The van der Waals surface area contributed by atoms with Crippen LogP contribution in [0.5, 0.6) is 0 Å². The van der Waals surface area contributed by atoms with E-state index in [-0.39, 0.29) is 0 Å². The predicted molar refractivity (Wildman–Crippen MR) is 82.0 cm³/mol. The van der Waals surface area contributed by atoms with E-state index in [2.05, 4.69) is 45.9 Å². The van der Waals surface area contributed by atoms with Crippen molar-refractivity contribution >= 4 is 28.3 Å². The second kappa shape index (κ2) is 6.86. The van der Waals surface area contributed by atoms with Crippen molar-refractivity contribution in [1.29, 1.82) is 0 Å². The normalized spacial score (nSPS) is 10.7. The Morgan fingerprint density at radius 2 is 2.16 bits per heavy atom. The molecular weight excluding hydrogens is 276 g/mol. The molecule has 0 atom stereocenters. The molecule has 2 aromatic heterocycles. The zero-order valence-electron chi connectivity index (χ0n) is 11.4. The van der Waals surface area contributed by atoms with E-state index in [1.807, 2.05) is 6.92 Å². The van der Waals surface area contributed by atoms with Gasteiger partial charge in [-0.1, -0.05) is 23.2 Å². The number of hydrogen-bond acceptors (Lipinski definition) is 6. The molecule has 0 unspecified atom stereocenters. The van der Waals surface area contributed by atoms with Crippen molar-refractivity contribution in [2.24, 2.45) is 0 Å². The molecule has 0 saturated carbocycles. The summed E-state index contributed by atoms with van der Waals surface area (Å²) >= 11 is 3.13. The van der Waals surface area contributed by atoms with Gasteiger partial charge in [-0.25, -0.2) is 4.98 Å². The number of thioether (sulfide) groups is 1. The topological polar surface area (TPSA) is 50.7 Å². The van der Waals surface area contributed by atoms with Crippen LogP contribution in [-0.4, -0.2) is 21.1 Å². The van der Waals surface area contributed by atoms with Gasteiger partial charge in [-0.15, -0.1) is 5.10 Å². The fourth-order valence-electron chi connectivity index (χ4n) is 1.70. The summed E-state index contributed by atoms with van der Waals surface area (Å²) in [6.07, 6.45) is 1.10. The molecule has 0 aliphatic heterocycles. The van der Waals surface area contributed by atoms with E-state index in [1.165, 1.54) is 17.1 Å². The first-order valence-corrected chi connectivity index (χ1v) is 8.08. The van der Waals surface area contributed by atoms with Gasteiger partial charge in [-0.3, -0.25) is 0 Å². The number of rotatable bonds is 6. The van der Waals surface area contributed by atoms with Gasteiger partial charge in [0.25, 0.3) is 0 Å². The quantitative estimate of drug-likeness (QED) is 0.824. The van der Waals surface area contributed by atoms with Gasteiger partial charge in [0, 0.05) is 29.5 Å². The smallest absolute Gasteiger partial charge is 0.134 e. The van der Waals surface area contributed by atoms with Gasteiger partial charge in [0.2, 0.25) is 0 Å².